The molecule has 0 aliphatic rings. The van der Waals surface area contributed by atoms with Crippen molar-refractivity contribution in [2.24, 2.45) is 0 Å². The lowest BCUT2D eigenvalue weighted by molar-refractivity contribution is -0.137. The van der Waals surface area contributed by atoms with Gasteiger partial charge >= 0.3 is 6.18 Å². The van der Waals surface area contributed by atoms with Crippen LogP contribution < -0.4 is 5.32 Å². The predicted molar refractivity (Wildman–Crippen MR) is 93.7 cm³/mol. The number of fused-ring (bicyclic) bond motifs is 1. The lowest BCUT2D eigenvalue weighted by Crippen LogP contribution is -2.17. The molecule has 3 aromatic rings. The maximum absolute atomic E-state index is 12.9. The second kappa shape index (κ2) is 6.64. The summed E-state index contributed by atoms with van der Waals surface area (Å²) in [6.45, 7) is 3.76. The number of aromatic nitrogens is 2. The molecule has 0 aliphatic heterocycles. The van der Waals surface area contributed by atoms with E-state index in [0.29, 0.717) is 17.8 Å². The molecule has 0 radical (unpaired) electrons. The Labute approximate surface area is 152 Å². The molecule has 1 amide bonds. The van der Waals surface area contributed by atoms with Gasteiger partial charge < -0.3 is 5.32 Å². The highest BCUT2D eigenvalue weighted by Gasteiger charge is 2.31. The van der Waals surface area contributed by atoms with Crippen LogP contribution in [0.3, 0.4) is 0 Å². The molecule has 0 spiro atoms. The van der Waals surface area contributed by atoms with Gasteiger partial charge in [0.1, 0.15) is 11.3 Å². The zero-order valence-electron chi connectivity index (χ0n) is 14.0. The van der Waals surface area contributed by atoms with Gasteiger partial charge in [-0.2, -0.15) is 13.2 Å². The molecule has 0 bridgehead atoms. The van der Waals surface area contributed by atoms with E-state index in [1.807, 2.05) is 26.0 Å². The molecule has 0 saturated carbocycles. The quantitative estimate of drug-likeness (QED) is 0.683. The summed E-state index contributed by atoms with van der Waals surface area (Å²) in [7, 11) is 0. The zero-order chi connectivity index (χ0) is 19.1. The van der Waals surface area contributed by atoms with E-state index in [0.717, 1.165) is 23.8 Å². The highest BCUT2D eigenvalue weighted by atomic mass is 35.5. The smallest absolute Gasteiger partial charge is 0.319 e. The van der Waals surface area contributed by atoms with Gasteiger partial charge in [0, 0.05) is 6.20 Å². The van der Waals surface area contributed by atoms with Gasteiger partial charge in [0.05, 0.1) is 22.0 Å². The van der Waals surface area contributed by atoms with E-state index in [2.05, 4.69) is 10.3 Å². The number of imidazole rings is 1. The molecule has 1 N–H and O–H groups in total. The number of carbonyl (C=O) groups excluding carboxylic acids is 1. The van der Waals surface area contributed by atoms with Crippen LogP contribution in [-0.2, 0) is 12.6 Å². The number of anilines is 1. The van der Waals surface area contributed by atoms with E-state index in [1.54, 1.807) is 10.6 Å². The molecule has 8 heteroatoms. The van der Waals surface area contributed by atoms with Crippen molar-refractivity contribution in [2.45, 2.75) is 26.4 Å². The molecule has 1 aromatic carbocycles. The Morgan fingerprint density at radius 3 is 2.65 bits per heavy atom. The van der Waals surface area contributed by atoms with Gasteiger partial charge in [0.25, 0.3) is 5.91 Å². The number of rotatable bonds is 3. The summed E-state index contributed by atoms with van der Waals surface area (Å²) >= 11 is 5.96. The third-order valence-corrected chi connectivity index (χ3v) is 4.28. The first-order valence-corrected chi connectivity index (χ1v) is 8.24. The molecule has 3 rings (SSSR count). The number of pyridine rings is 1. The molecular formula is C18H15ClF3N3O. The van der Waals surface area contributed by atoms with Crippen LogP contribution in [0.4, 0.5) is 18.9 Å². The highest BCUT2D eigenvalue weighted by molar-refractivity contribution is 6.34. The number of hydrogen-bond acceptors (Lipinski definition) is 2. The van der Waals surface area contributed by atoms with E-state index < -0.39 is 17.6 Å². The van der Waals surface area contributed by atoms with Crippen LogP contribution in [0.25, 0.3) is 5.65 Å². The fraction of sp³-hybridized carbons (Fsp3) is 0.222. The first kappa shape index (κ1) is 18.3. The van der Waals surface area contributed by atoms with Crippen LogP contribution in [0.2, 0.25) is 5.02 Å². The molecule has 2 heterocycles. The van der Waals surface area contributed by atoms with Crippen molar-refractivity contribution in [1.29, 1.82) is 0 Å². The van der Waals surface area contributed by atoms with E-state index in [4.69, 9.17) is 11.6 Å². The Kier molecular flexibility index (Phi) is 4.66. The fourth-order valence-corrected chi connectivity index (χ4v) is 2.83. The standard InChI is InChI=1S/C18H15ClF3N3O/c1-3-13-16(25-7-6-10(2)8-15(25)23-13)17(26)24-14-9-11(18(20,21)22)4-5-12(14)19/h4-9H,3H2,1-2H3,(H,24,26). The molecule has 2 aromatic heterocycles. The molecule has 0 aliphatic carbocycles. The number of halogens is 4. The molecule has 0 atom stereocenters. The van der Waals surface area contributed by atoms with Crippen molar-refractivity contribution in [3.63, 3.8) is 0 Å². The maximum atomic E-state index is 12.9. The van der Waals surface area contributed by atoms with Gasteiger partial charge in [0.2, 0.25) is 0 Å². The summed E-state index contributed by atoms with van der Waals surface area (Å²) in [6, 6.07) is 6.44. The molecule has 136 valence electrons. The van der Waals surface area contributed by atoms with Crippen LogP contribution in [0.1, 0.15) is 34.2 Å². The second-order valence-electron chi connectivity index (χ2n) is 5.84. The second-order valence-corrected chi connectivity index (χ2v) is 6.25. The summed E-state index contributed by atoms with van der Waals surface area (Å²) in [6.07, 6.45) is -2.32. The average Bonchev–Trinajstić information content (AvgIpc) is 2.93. The molecule has 0 fully saturated rings. The van der Waals surface area contributed by atoms with Crippen molar-refractivity contribution >= 4 is 28.8 Å². The zero-order valence-corrected chi connectivity index (χ0v) is 14.7. The Morgan fingerprint density at radius 2 is 2.00 bits per heavy atom. The van der Waals surface area contributed by atoms with Crippen molar-refractivity contribution < 1.29 is 18.0 Å². The number of nitrogens with zero attached hydrogens (tertiary/aromatic N) is 2. The lowest BCUT2D eigenvalue weighted by Gasteiger charge is -2.12. The van der Waals surface area contributed by atoms with Crippen LogP contribution in [0.15, 0.2) is 36.5 Å². The summed E-state index contributed by atoms with van der Waals surface area (Å²) in [5, 5.41) is 2.50. The number of amides is 1. The topological polar surface area (TPSA) is 46.4 Å². The molecule has 0 saturated heterocycles. The van der Waals surface area contributed by atoms with Crippen molar-refractivity contribution in [3.05, 3.63) is 64.1 Å². The van der Waals surface area contributed by atoms with Gasteiger partial charge in [-0.05, 0) is 49.2 Å². The van der Waals surface area contributed by atoms with E-state index in [-0.39, 0.29) is 16.4 Å². The number of alkyl halides is 3. The SMILES string of the molecule is CCc1nc2cc(C)ccn2c1C(=O)Nc1cc(C(F)(F)F)ccc1Cl. The number of hydrogen-bond donors (Lipinski definition) is 1. The summed E-state index contributed by atoms with van der Waals surface area (Å²) in [4.78, 5) is 17.2. The summed E-state index contributed by atoms with van der Waals surface area (Å²) in [5.74, 6) is -0.570. The van der Waals surface area contributed by atoms with Gasteiger partial charge in [0.15, 0.2) is 0 Å². The molecule has 26 heavy (non-hydrogen) atoms. The number of aryl methyl sites for hydroxylation is 2. The Hall–Kier alpha value is -2.54. The van der Waals surface area contributed by atoms with Gasteiger partial charge in [-0.1, -0.05) is 18.5 Å². The number of nitrogens with one attached hydrogen (secondary N) is 1. The minimum Gasteiger partial charge on any atom is -0.319 e. The van der Waals surface area contributed by atoms with E-state index >= 15 is 0 Å². The highest BCUT2D eigenvalue weighted by Crippen LogP contribution is 2.34. The normalized spacial score (nSPS) is 11.8. The largest absolute Gasteiger partial charge is 0.416 e. The van der Waals surface area contributed by atoms with Gasteiger partial charge in [-0.3, -0.25) is 9.20 Å². The Balaban J connectivity index is 2.02. The van der Waals surface area contributed by atoms with Crippen molar-refractivity contribution in [1.82, 2.24) is 9.38 Å². The predicted octanol–water partition coefficient (Wildman–Crippen LogP) is 5.13. The molecular weight excluding hydrogens is 367 g/mol. The van der Waals surface area contributed by atoms with Crippen LogP contribution in [0, 0.1) is 6.92 Å². The van der Waals surface area contributed by atoms with Crippen molar-refractivity contribution in [2.75, 3.05) is 5.32 Å². The fourth-order valence-electron chi connectivity index (χ4n) is 2.66. The minimum absolute atomic E-state index is 0.0223. The Bertz CT molecular complexity index is 995. The first-order chi connectivity index (χ1) is 12.2. The summed E-state index contributed by atoms with van der Waals surface area (Å²) < 4.78 is 40.3. The monoisotopic (exact) mass is 381 g/mol. The maximum Gasteiger partial charge on any atom is 0.416 e. The van der Waals surface area contributed by atoms with E-state index in [1.165, 1.54) is 0 Å². The minimum atomic E-state index is -4.53. The third-order valence-electron chi connectivity index (χ3n) is 3.95. The average molecular weight is 382 g/mol. The van der Waals surface area contributed by atoms with Crippen molar-refractivity contribution in [3.8, 4) is 0 Å². The van der Waals surface area contributed by atoms with Gasteiger partial charge in [-0.15, -0.1) is 0 Å². The van der Waals surface area contributed by atoms with Crippen LogP contribution in [0.5, 0.6) is 0 Å². The van der Waals surface area contributed by atoms with Gasteiger partial charge in [-0.25, -0.2) is 4.98 Å². The first-order valence-electron chi connectivity index (χ1n) is 7.86. The molecule has 0 unspecified atom stereocenters. The van der Waals surface area contributed by atoms with E-state index in [9.17, 15) is 18.0 Å². The third kappa shape index (κ3) is 3.39. The Morgan fingerprint density at radius 1 is 1.27 bits per heavy atom. The summed E-state index contributed by atoms with van der Waals surface area (Å²) in [5.41, 5.74) is 1.42. The molecule has 4 nitrogen and oxygen atoms in total. The van der Waals surface area contributed by atoms with Crippen LogP contribution >= 0.6 is 11.6 Å². The number of carbonyl (C=O) groups is 1. The lowest BCUT2D eigenvalue weighted by atomic mass is 10.2. The number of benzene rings is 1. The van der Waals surface area contributed by atoms with Crippen LogP contribution in [-0.4, -0.2) is 15.3 Å².